The van der Waals surface area contributed by atoms with Crippen LogP contribution >= 0.6 is 15.9 Å². The third-order valence-electron chi connectivity index (χ3n) is 4.49. The highest BCUT2D eigenvalue weighted by atomic mass is 79.9. The van der Waals surface area contributed by atoms with Gasteiger partial charge in [-0.15, -0.1) is 0 Å². The van der Waals surface area contributed by atoms with E-state index in [1.165, 1.54) is 24.0 Å². The molecular weight excluding hydrogens is 300 g/mol. The Kier molecular flexibility index (Phi) is 5.08. The molecule has 1 nitrogen and oxygen atoms in total. The lowest BCUT2D eigenvalue weighted by molar-refractivity contribution is 0.0511. The quantitative estimate of drug-likeness (QED) is 0.697. The van der Waals surface area contributed by atoms with Crippen molar-refractivity contribution in [2.75, 3.05) is 0 Å². The molecule has 0 aliphatic carbocycles. The molecule has 2 rings (SSSR count). The minimum absolute atomic E-state index is 0.324. The van der Waals surface area contributed by atoms with E-state index in [0.717, 1.165) is 0 Å². The lowest BCUT2D eigenvalue weighted by Gasteiger charge is -2.25. The summed E-state index contributed by atoms with van der Waals surface area (Å²) in [7, 11) is 0. The molecular formula is C17H25BrO. The van der Waals surface area contributed by atoms with E-state index in [1.54, 1.807) is 0 Å². The third kappa shape index (κ3) is 3.22. The van der Waals surface area contributed by atoms with Gasteiger partial charge in [0.2, 0.25) is 0 Å². The molecule has 1 saturated heterocycles. The molecule has 1 aromatic rings. The maximum absolute atomic E-state index is 5.96. The number of alkyl halides is 1. The smallest absolute Gasteiger partial charge is 0.0596 e. The average molecular weight is 325 g/mol. The Morgan fingerprint density at radius 3 is 2.21 bits per heavy atom. The Balaban J connectivity index is 2.12. The number of rotatable bonds is 4. The van der Waals surface area contributed by atoms with Gasteiger partial charge in [0.25, 0.3) is 0 Å². The van der Waals surface area contributed by atoms with Gasteiger partial charge in [0.1, 0.15) is 0 Å². The van der Waals surface area contributed by atoms with Gasteiger partial charge in [-0.25, -0.2) is 0 Å². The predicted molar refractivity (Wildman–Crippen MR) is 84.8 cm³/mol. The summed E-state index contributed by atoms with van der Waals surface area (Å²) < 4.78 is 5.96. The first-order valence-electron chi connectivity index (χ1n) is 7.43. The Hall–Kier alpha value is -0.340. The zero-order valence-electron chi connectivity index (χ0n) is 12.4. The summed E-state index contributed by atoms with van der Waals surface area (Å²) in [6.07, 6.45) is 3.06. The summed E-state index contributed by atoms with van der Waals surface area (Å²) in [4.78, 5) is 0.387. The highest BCUT2D eigenvalue weighted by Gasteiger charge is 2.41. The van der Waals surface area contributed by atoms with Crippen molar-refractivity contribution >= 4 is 15.9 Å². The van der Waals surface area contributed by atoms with Gasteiger partial charge < -0.3 is 4.74 Å². The van der Waals surface area contributed by atoms with Crippen LogP contribution in [-0.4, -0.2) is 12.2 Å². The summed E-state index contributed by atoms with van der Waals surface area (Å²) in [6.45, 7) is 8.91. The summed E-state index contributed by atoms with van der Waals surface area (Å²) in [5, 5.41) is 0. The van der Waals surface area contributed by atoms with Crippen LogP contribution in [0.2, 0.25) is 0 Å². The first-order valence-corrected chi connectivity index (χ1v) is 8.34. The average Bonchev–Trinajstić information content (AvgIpc) is 2.64. The molecule has 1 aliphatic heterocycles. The number of ether oxygens (including phenoxy) is 1. The molecule has 19 heavy (non-hydrogen) atoms. The summed E-state index contributed by atoms with van der Waals surface area (Å²) in [5.74, 6) is 1.14. The molecule has 1 fully saturated rings. The lowest BCUT2D eigenvalue weighted by Crippen LogP contribution is -2.21. The van der Waals surface area contributed by atoms with Crippen LogP contribution in [0.4, 0.5) is 0 Å². The predicted octanol–water partition coefficient (Wildman–Crippen LogP) is 5.13. The molecule has 0 N–H and O–H groups in total. The van der Waals surface area contributed by atoms with Crippen molar-refractivity contribution in [1.29, 1.82) is 0 Å². The molecule has 0 saturated carbocycles. The zero-order valence-corrected chi connectivity index (χ0v) is 14.0. The second-order valence-corrected chi connectivity index (χ2v) is 6.86. The van der Waals surface area contributed by atoms with Crippen molar-refractivity contribution in [1.82, 2.24) is 0 Å². The number of hydrogen-bond acceptors (Lipinski definition) is 1. The van der Waals surface area contributed by atoms with Gasteiger partial charge >= 0.3 is 0 Å². The summed E-state index contributed by atoms with van der Waals surface area (Å²) in [5.41, 5.74) is 2.81. The van der Waals surface area contributed by atoms with Crippen molar-refractivity contribution in [3.8, 4) is 0 Å². The lowest BCUT2D eigenvalue weighted by atomic mass is 9.84. The highest BCUT2D eigenvalue weighted by molar-refractivity contribution is 9.09. The van der Waals surface area contributed by atoms with E-state index in [0.29, 0.717) is 28.9 Å². The summed E-state index contributed by atoms with van der Waals surface area (Å²) >= 11 is 3.90. The molecule has 1 aliphatic rings. The number of benzene rings is 1. The number of aryl methyl sites for hydroxylation is 1. The van der Waals surface area contributed by atoms with E-state index in [-0.39, 0.29) is 0 Å². The van der Waals surface area contributed by atoms with Crippen molar-refractivity contribution in [3.05, 3.63) is 35.4 Å². The molecule has 0 bridgehead atoms. The van der Waals surface area contributed by atoms with Crippen LogP contribution in [0.1, 0.15) is 50.1 Å². The first kappa shape index (κ1) is 15.1. The molecule has 5 atom stereocenters. The van der Waals surface area contributed by atoms with Crippen molar-refractivity contribution in [2.24, 2.45) is 11.8 Å². The molecule has 106 valence electrons. The Morgan fingerprint density at radius 1 is 1.11 bits per heavy atom. The normalized spacial score (nSPS) is 32.5. The van der Waals surface area contributed by atoms with E-state index in [1.807, 2.05) is 0 Å². The SMILES string of the molecule is CCCc1ccc(C(Br)C2C(C)OC(C)C2C)cc1. The van der Waals surface area contributed by atoms with Crippen LogP contribution in [0.5, 0.6) is 0 Å². The van der Waals surface area contributed by atoms with Gasteiger partial charge in [-0.1, -0.05) is 60.5 Å². The van der Waals surface area contributed by atoms with Crippen molar-refractivity contribution in [3.63, 3.8) is 0 Å². The molecule has 0 aromatic heterocycles. The maximum Gasteiger partial charge on any atom is 0.0596 e. The van der Waals surface area contributed by atoms with Gasteiger partial charge in [0.05, 0.1) is 12.2 Å². The van der Waals surface area contributed by atoms with Gasteiger partial charge in [-0.05, 0) is 37.3 Å². The van der Waals surface area contributed by atoms with Crippen LogP contribution in [0.15, 0.2) is 24.3 Å². The molecule has 5 unspecified atom stereocenters. The van der Waals surface area contributed by atoms with Crippen LogP contribution in [-0.2, 0) is 11.2 Å². The molecule has 2 heteroatoms. The van der Waals surface area contributed by atoms with Crippen molar-refractivity contribution in [2.45, 2.75) is 57.6 Å². The maximum atomic E-state index is 5.96. The third-order valence-corrected chi connectivity index (χ3v) is 5.63. The standard InChI is InChI=1S/C17H25BrO/c1-5-6-14-7-9-15(10-8-14)17(18)16-11(2)12(3)19-13(16)4/h7-13,16-17H,5-6H2,1-4H3. The fourth-order valence-electron chi connectivity index (χ4n) is 3.18. The van der Waals surface area contributed by atoms with Crippen LogP contribution in [0.3, 0.4) is 0 Å². The zero-order chi connectivity index (χ0) is 14.0. The first-order chi connectivity index (χ1) is 9.04. The highest BCUT2D eigenvalue weighted by Crippen LogP contribution is 2.44. The van der Waals surface area contributed by atoms with Gasteiger partial charge in [0.15, 0.2) is 0 Å². The molecule has 0 radical (unpaired) electrons. The molecule has 0 amide bonds. The van der Waals surface area contributed by atoms with Gasteiger partial charge in [0, 0.05) is 10.7 Å². The molecule has 1 heterocycles. The Bertz CT molecular complexity index is 400. The topological polar surface area (TPSA) is 9.23 Å². The fraction of sp³-hybridized carbons (Fsp3) is 0.647. The van der Waals surface area contributed by atoms with Crippen LogP contribution in [0, 0.1) is 11.8 Å². The fourth-order valence-corrected chi connectivity index (χ4v) is 4.39. The molecule has 0 spiro atoms. The van der Waals surface area contributed by atoms with E-state index in [2.05, 4.69) is 67.9 Å². The monoisotopic (exact) mass is 324 g/mol. The summed E-state index contributed by atoms with van der Waals surface area (Å²) in [6, 6.07) is 9.07. The van der Waals surface area contributed by atoms with E-state index >= 15 is 0 Å². The van der Waals surface area contributed by atoms with E-state index < -0.39 is 0 Å². The number of halogens is 1. The van der Waals surface area contributed by atoms with E-state index in [9.17, 15) is 0 Å². The second-order valence-electron chi connectivity index (χ2n) is 5.88. The second kappa shape index (κ2) is 6.41. The number of hydrogen-bond donors (Lipinski definition) is 0. The minimum Gasteiger partial charge on any atom is -0.375 e. The van der Waals surface area contributed by atoms with E-state index in [4.69, 9.17) is 4.74 Å². The van der Waals surface area contributed by atoms with Gasteiger partial charge in [-0.2, -0.15) is 0 Å². The van der Waals surface area contributed by atoms with Crippen LogP contribution < -0.4 is 0 Å². The Morgan fingerprint density at radius 2 is 1.74 bits per heavy atom. The molecule has 1 aromatic carbocycles. The van der Waals surface area contributed by atoms with Crippen molar-refractivity contribution < 1.29 is 4.74 Å². The largest absolute Gasteiger partial charge is 0.375 e. The van der Waals surface area contributed by atoms with Gasteiger partial charge in [-0.3, -0.25) is 0 Å². The van der Waals surface area contributed by atoms with Crippen LogP contribution in [0.25, 0.3) is 0 Å². The minimum atomic E-state index is 0.324. The Labute approximate surface area is 125 Å².